The van der Waals surface area contributed by atoms with Gasteiger partial charge in [0.2, 0.25) is 0 Å². The topological polar surface area (TPSA) is 53.6 Å². The van der Waals surface area contributed by atoms with Gasteiger partial charge in [-0.3, -0.25) is 19.5 Å². The van der Waals surface area contributed by atoms with Crippen LogP contribution in [0.2, 0.25) is 0 Å². The highest BCUT2D eigenvalue weighted by molar-refractivity contribution is 6.26. The first-order valence-corrected chi connectivity index (χ1v) is 7.94. The van der Waals surface area contributed by atoms with Gasteiger partial charge in [-0.1, -0.05) is 12.1 Å². The van der Waals surface area contributed by atoms with Crippen molar-refractivity contribution in [3.05, 3.63) is 71.5 Å². The smallest absolute Gasteiger partial charge is 0.261 e. The molecule has 1 aromatic heterocycles. The van der Waals surface area contributed by atoms with Crippen molar-refractivity contribution in [1.29, 1.82) is 0 Å². The van der Waals surface area contributed by atoms with Crippen molar-refractivity contribution in [2.75, 3.05) is 7.05 Å². The lowest BCUT2D eigenvalue weighted by Gasteiger charge is -2.24. The summed E-state index contributed by atoms with van der Waals surface area (Å²) < 4.78 is 1.95. The number of hydrogen-bond donors (Lipinski definition) is 0. The van der Waals surface area contributed by atoms with Gasteiger partial charge < -0.3 is 0 Å². The second-order valence-corrected chi connectivity index (χ2v) is 6.08. The Hall–Kier alpha value is -3.34. The molecular weight excluding hydrogens is 314 g/mol. The van der Waals surface area contributed by atoms with E-state index in [-0.39, 0.29) is 11.8 Å². The third kappa shape index (κ3) is 2.41. The number of benzene rings is 2. The fraction of sp³-hybridized carbons (Fsp3) is 0.100. The molecule has 25 heavy (non-hydrogen) atoms. The Morgan fingerprint density at radius 2 is 1.64 bits per heavy atom. The summed E-state index contributed by atoms with van der Waals surface area (Å²) in [5.74, 6) is -0.556. The Morgan fingerprint density at radius 1 is 0.960 bits per heavy atom. The number of carbonyl (C=O) groups is 2. The monoisotopic (exact) mass is 330 g/mol. The summed E-state index contributed by atoms with van der Waals surface area (Å²) >= 11 is 0. The average molecular weight is 330 g/mol. The molecule has 122 valence electrons. The van der Waals surface area contributed by atoms with E-state index in [2.05, 4.69) is 4.99 Å². The van der Waals surface area contributed by atoms with Crippen molar-refractivity contribution < 1.29 is 14.2 Å². The van der Waals surface area contributed by atoms with Gasteiger partial charge in [-0.15, -0.1) is 0 Å². The fourth-order valence-electron chi connectivity index (χ4n) is 3.06. The summed E-state index contributed by atoms with van der Waals surface area (Å²) in [6.45, 7) is 0. The van der Waals surface area contributed by atoms with Gasteiger partial charge in [-0.05, 0) is 18.2 Å². The number of carbonyl (C=O) groups excluding carboxylic acids is 2. The molecule has 5 heteroatoms. The maximum atomic E-state index is 12.4. The molecule has 0 fully saturated rings. The van der Waals surface area contributed by atoms with Gasteiger partial charge >= 0.3 is 0 Å². The van der Waals surface area contributed by atoms with E-state index in [1.54, 1.807) is 18.3 Å². The van der Waals surface area contributed by atoms with E-state index in [1.807, 2.05) is 54.3 Å². The van der Waals surface area contributed by atoms with E-state index in [1.165, 1.54) is 7.05 Å². The van der Waals surface area contributed by atoms with Crippen LogP contribution in [-0.2, 0) is 7.05 Å². The third-order valence-corrected chi connectivity index (χ3v) is 4.44. The summed E-state index contributed by atoms with van der Waals surface area (Å²) in [5, 5.41) is 1.49. The van der Waals surface area contributed by atoms with E-state index in [0.29, 0.717) is 16.5 Å². The number of hydrogen-bond acceptors (Lipinski definition) is 3. The molecule has 2 aromatic carbocycles. The maximum absolute atomic E-state index is 12.4. The first-order chi connectivity index (χ1) is 12.1. The molecule has 0 saturated heterocycles. The molecule has 0 N–H and O–H groups in total. The van der Waals surface area contributed by atoms with Crippen LogP contribution in [0.5, 0.6) is 0 Å². The molecule has 5 nitrogen and oxygen atoms in total. The van der Waals surface area contributed by atoms with Crippen molar-refractivity contribution in [1.82, 2.24) is 4.90 Å². The van der Waals surface area contributed by atoms with E-state index in [9.17, 15) is 9.59 Å². The maximum Gasteiger partial charge on any atom is 0.261 e. The normalized spacial score (nSPS) is 13.9. The average Bonchev–Trinajstić information content (AvgIpc) is 2.64. The van der Waals surface area contributed by atoms with Crippen LogP contribution < -0.4 is 4.57 Å². The zero-order valence-corrected chi connectivity index (χ0v) is 13.9. The lowest BCUT2D eigenvalue weighted by atomic mass is 9.93. The minimum atomic E-state index is -0.278. The summed E-state index contributed by atoms with van der Waals surface area (Å²) in [6.07, 6.45) is 5.68. The zero-order valence-electron chi connectivity index (χ0n) is 13.9. The largest absolute Gasteiger partial charge is 0.277 e. The molecule has 0 atom stereocenters. The third-order valence-electron chi connectivity index (χ3n) is 4.44. The number of aromatic nitrogens is 1. The SMILES string of the molecule is CN1C(=O)c2cccc3c(N=Cc4cc[n+](C)cc4)ccc(c23)C1=O. The number of imide groups is 1. The van der Waals surface area contributed by atoms with E-state index < -0.39 is 0 Å². The Morgan fingerprint density at radius 3 is 2.36 bits per heavy atom. The molecular formula is C20H16N3O2+. The summed E-state index contributed by atoms with van der Waals surface area (Å²) in [6, 6.07) is 13.0. The van der Waals surface area contributed by atoms with Gasteiger partial charge in [-0.2, -0.15) is 0 Å². The first-order valence-electron chi connectivity index (χ1n) is 7.94. The van der Waals surface area contributed by atoms with Crippen LogP contribution in [-0.4, -0.2) is 30.0 Å². The first kappa shape index (κ1) is 15.2. The summed E-state index contributed by atoms with van der Waals surface area (Å²) in [5.41, 5.74) is 2.79. The standard InChI is InChI=1S/C20H16N3O2/c1-22-10-8-13(9-11-22)12-21-17-7-6-16-18-14(17)4-3-5-15(18)19(24)23(2)20(16)25/h3-12H,1-2H3/q+1. The molecule has 2 heterocycles. The molecule has 3 aromatic rings. The predicted molar refractivity (Wildman–Crippen MR) is 95.2 cm³/mol. The Kier molecular flexibility index (Phi) is 3.42. The highest BCUT2D eigenvalue weighted by atomic mass is 16.2. The Bertz CT molecular complexity index is 1030. The highest BCUT2D eigenvalue weighted by Crippen LogP contribution is 2.35. The summed E-state index contributed by atoms with van der Waals surface area (Å²) in [4.78, 5) is 30.5. The molecule has 0 bridgehead atoms. The van der Waals surface area contributed by atoms with Crippen LogP contribution in [0.25, 0.3) is 10.8 Å². The Balaban J connectivity index is 1.87. The number of rotatable bonds is 2. The van der Waals surface area contributed by atoms with Gasteiger partial charge in [-0.25, -0.2) is 4.57 Å². The second kappa shape index (κ2) is 5.63. The quantitative estimate of drug-likeness (QED) is 0.412. The van der Waals surface area contributed by atoms with Crippen molar-refractivity contribution in [2.45, 2.75) is 0 Å². The number of aryl methyl sites for hydroxylation is 1. The number of pyridine rings is 1. The van der Waals surface area contributed by atoms with Gasteiger partial charge in [0.15, 0.2) is 12.4 Å². The van der Waals surface area contributed by atoms with Gasteiger partial charge in [0.25, 0.3) is 11.8 Å². The molecule has 0 unspecified atom stereocenters. The van der Waals surface area contributed by atoms with Crippen LogP contribution in [0.1, 0.15) is 26.3 Å². The predicted octanol–water partition coefficient (Wildman–Crippen LogP) is 2.64. The molecule has 1 aliphatic heterocycles. The van der Waals surface area contributed by atoms with Gasteiger partial charge in [0.1, 0.15) is 7.05 Å². The Labute approximate surface area is 144 Å². The van der Waals surface area contributed by atoms with Crippen LogP contribution in [0, 0.1) is 0 Å². The molecule has 0 radical (unpaired) electrons. The second-order valence-electron chi connectivity index (χ2n) is 6.08. The van der Waals surface area contributed by atoms with E-state index in [0.717, 1.165) is 21.5 Å². The minimum absolute atomic E-state index is 0.278. The summed E-state index contributed by atoms with van der Waals surface area (Å²) in [7, 11) is 3.46. The number of nitrogens with zero attached hydrogens (tertiary/aromatic N) is 3. The van der Waals surface area contributed by atoms with Crippen LogP contribution in [0.3, 0.4) is 0 Å². The van der Waals surface area contributed by atoms with Crippen LogP contribution in [0.4, 0.5) is 5.69 Å². The van der Waals surface area contributed by atoms with E-state index in [4.69, 9.17) is 0 Å². The number of amides is 2. The molecule has 2 amide bonds. The zero-order chi connectivity index (χ0) is 17.6. The molecule has 0 saturated carbocycles. The highest BCUT2D eigenvalue weighted by Gasteiger charge is 2.30. The van der Waals surface area contributed by atoms with Crippen molar-refractivity contribution in [3.63, 3.8) is 0 Å². The van der Waals surface area contributed by atoms with Gasteiger partial charge in [0.05, 0.1) is 5.69 Å². The molecule has 0 aliphatic carbocycles. The van der Waals surface area contributed by atoms with Gasteiger partial charge in [0, 0.05) is 52.9 Å². The lowest BCUT2D eigenvalue weighted by Crippen LogP contribution is -2.36. The van der Waals surface area contributed by atoms with Crippen molar-refractivity contribution in [2.24, 2.45) is 12.0 Å². The molecule has 4 rings (SSSR count). The van der Waals surface area contributed by atoms with E-state index >= 15 is 0 Å². The van der Waals surface area contributed by atoms with Crippen molar-refractivity contribution >= 4 is 34.5 Å². The lowest BCUT2D eigenvalue weighted by molar-refractivity contribution is -0.671. The number of aliphatic imine (C=N–C) groups is 1. The molecule has 1 aliphatic rings. The fourth-order valence-corrected chi connectivity index (χ4v) is 3.06. The van der Waals surface area contributed by atoms with Crippen LogP contribution in [0.15, 0.2) is 59.9 Å². The molecule has 0 spiro atoms. The van der Waals surface area contributed by atoms with Crippen molar-refractivity contribution in [3.8, 4) is 0 Å². The minimum Gasteiger partial charge on any atom is -0.277 e. The van der Waals surface area contributed by atoms with Crippen LogP contribution >= 0.6 is 0 Å².